The molecule has 4 nitrogen and oxygen atoms in total. The summed E-state index contributed by atoms with van der Waals surface area (Å²) in [4.78, 5) is 6.70. The van der Waals surface area contributed by atoms with Gasteiger partial charge in [0.1, 0.15) is 0 Å². The van der Waals surface area contributed by atoms with Crippen molar-refractivity contribution in [2.45, 2.75) is 6.54 Å². The van der Waals surface area contributed by atoms with Crippen LogP contribution in [0, 0.1) is 0 Å². The number of rotatable bonds is 3. The van der Waals surface area contributed by atoms with Gasteiger partial charge in [0.25, 0.3) is 0 Å². The van der Waals surface area contributed by atoms with Crippen LogP contribution in [0.1, 0.15) is 5.56 Å². The second kappa shape index (κ2) is 4.34. The molecule has 2 N–H and O–H groups in total. The summed E-state index contributed by atoms with van der Waals surface area (Å²) in [5.41, 5.74) is 8.67. The average molecular weight is 259 g/mol. The highest BCUT2D eigenvalue weighted by molar-refractivity contribution is 7.22. The molecule has 2 heterocycles. The number of furan rings is 1. The zero-order valence-electron chi connectivity index (χ0n) is 9.96. The normalized spacial score (nSPS) is 10.9. The summed E-state index contributed by atoms with van der Waals surface area (Å²) < 4.78 is 6.18. The topological polar surface area (TPSA) is 55.3 Å². The van der Waals surface area contributed by atoms with Gasteiger partial charge >= 0.3 is 0 Å². The van der Waals surface area contributed by atoms with E-state index in [1.165, 1.54) is 0 Å². The summed E-state index contributed by atoms with van der Waals surface area (Å²) in [7, 11) is 2.02. The molecular weight excluding hydrogens is 246 g/mol. The molecule has 0 unspecified atom stereocenters. The number of aromatic nitrogens is 1. The van der Waals surface area contributed by atoms with E-state index in [2.05, 4.69) is 9.88 Å². The van der Waals surface area contributed by atoms with Gasteiger partial charge in [-0.2, -0.15) is 0 Å². The number of nitrogen functional groups attached to an aromatic ring is 1. The lowest BCUT2D eigenvalue weighted by molar-refractivity contribution is 0.563. The average Bonchev–Trinajstić information content (AvgIpc) is 2.96. The van der Waals surface area contributed by atoms with Gasteiger partial charge in [0, 0.05) is 24.8 Å². The van der Waals surface area contributed by atoms with Crippen molar-refractivity contribution in [2.24, 2.45) is 0 Å². The van der Waals surface area contributed by atoms with Crippen molar-refractivity contribution >= 4 is 32.4 Å². The molecule has 0 saturated heterocycles. The molecular formula is C13H13N3OS. The highest BCUT2D eigenvalue weighted by atomic mass is 32.1. The Bertz CT molecular complexity index is 660. The third kappa shape index (κ3) is 2.04. The van der Waals surface area contributed by atoms with Crippen LogP contribution in [0.25, 0.3) is 10.2 Å². The van der Waals surface area contributed by atoms with Crippen molar-refractivity contribution in [2.75, 3.05) is 17.7 Å². The number of nitrogens with two attached hydrogens (primary N) is 1. The van der Waals surface area contributed by atoms with Crippen LogP contribution in [-0.2, 0) is 6.54 Å². The number of hydrogen-bond donors (Lipinski definition) is 1. The fourth-order valence-corrected chi connectivity index (χ4v) is 2.79. The molecule has 0 saturated carbocycles. The fourth-order valence-electron chi connectivity index (χ4n) is 1.82. The van der Waals surface area contributed by atoms with E-state index >= 15 is 0 Å². The monoisotopic (exact) mass is 259 g/mol. The molecule has 92 valence electrons. The Morgan fingerprint density at radius 2 is 2.28 bits per heavy atom. The molecule has 0 bridgehead atoms. The Morgan fingerprint density at radius 3 is 3.06 bits per heavy atom. The van der Waals surface area contributed by atoms with Gasteiger partial charge in [-0.25, -0.2) is 4.98 Å². The lowest BCUT2D eigenvalue weighted by atomic mass is 10.3. The van der Waals surface area contributed by atoms with Crippen molar-refractivity contribution < 1.29 is 4.42 Å². The van der Waals surface area contributed by atoms with Crippen molar-refractivity contribution in [1.29, 1.82) is 0 Å². The highest BCUT2D eigenvalue weighted by Crippen LogP contribution is 2.30. The van der Waals surface area contributed by atoms with Crippen LogP contribution >= 0.6 is 11.3 Å². The first-order valence-electron chi connectivity index (χ1n) is 5.60. The lowest BCUT2D eigenvalue weighted by Gasteiger charge is -2.13. The van der Waals surface area contributed by atoms with E-state index in [4.69, 9.17) is 10.2 Å². The van der Waals surface area contributed by atoms with Crippen molar-refractivity contribution in [3.8, 4) is 0 Å². The maximum Gasteiger partial charge on any atom is 0.186 e. The molecule has 0 aliphatic heterocycles. The Morgan fingerprint density at radius 1 is 1.39 bits per heavy atom. The molecule has 0 spiro atoms. The van der Waals surface area contributed by atoms with Gasteiger partial charge in [-0.05, 0) is 24.3 Å². The minimum atomic E-state index is 0.773. The molecule has 0 amide bonds. The second-order valence-corrected chi connectivity index (χ2v) is 5.22. The molecule has 0 atom stereocenters. The maximum atomic E-state index is 5.77. The van der Waals surface area contributed by atoms with Crippen LogP contribution in [0.3, 0.4) is 0 Å². The number of benzene rings is 1. The minimum absolute atomic E-state index is 0.773. The van der Waals surface area contributed by atoms with E-state index in [1.54, 1.807) is 23.9 Å². The minimum Gasteiger partial charge on any atom is -0.472 e. The SMILES string of the molecule is CN(Cc1ccoc1)c1nc2ccc(N)cc2s1. The molecule has 3 rings (SSSR count). The molecule has 18 heavy (non-hydrogen) atoms. The van der Waals surface area contributed by atoms with E-state index in [1.807, 2.05) is 31.3 Å². The van der Waals surface area contributed by atoms with Crippen LogP contribution in [0.15, 0.2) is 41.2 Å². The van der Waals surface area contributed by atoms with E-state index in [-0.39, 0.29) is 0 Å². The Balaban J connectivity index is 1.89. The number of thiazole rings is 1. The van der Waals surface area contributed by atoms with Gasteiger partial charge in [-0.3, -0.25) is 0 Å². The first-order chi connectivity index (χ1) is 8.72. The summed E-state index contributed by atoms with van der Waals surface area (Å²) >= 11 is 1.65. The summed E-state index contributed by atoms with van der Waals surface area (Å²) in [5.74, 6) is 0. The van der Waals surface area contributed by atoms with E-state index in [0.717, 1.165) is 33.1 Å². The Labute approximate surface area is 109 Å². The summed E-state index contributed by atoms with van der Waals surface area (Å²) in [6.45, 7) is 0.784. The maximum absolute atomic E-state index is 5.77. The van der Waals surface area contributed by atoms with Crippen LogP contribution < -0.4 is 10.6 Å². The highest BCUT2D eigenvalue weighted by Gasteiger charge is 2.09. The number of fused-ring (bicyclic) bond motifs is 1. The largest absolute Gasteiger partial charge is 0.472 e. The van der Waals surface area contributed by atoms with Crippen LogP contribution in [-0.4, -0.2) is 12.0 Å². The predicted octanol–water partition coefficient (Wildman–Crippen LogP) is 3.11. The molecule has 1 aromatic carbocycles. The molecule has 2 aromatic heterocycles. The smallest absolute Gasteiger partial charge is 0.186 e. The molecule has 0 aliphatic carbocycles. The summed E-state index contributed by atoms with van der Waals surface area (Å²) in [6, 6.07) is 7.75. The van der Waals surface area contributed by atoms with Crippen LogP contribution in [0.2, 0.25) is 0 Å². The molecule has 3 aromatic rings. The number of nitrogens with zero attached hydrogens (tertiary/aromatic N) is 2. The van der Waals surface area contributed by atoms with Crippen molar-refractivity contribution in [3.05, 3.63) is 42.4 Å². The lowest BCUT2D eigenvalue weighted by Crippen LogP contribution is -2.15. The predicted molar refractivity (Wildman–Crippen MR) is 74.8 cm³/mol. The van der Waals surface area contributed by atoms with Crippen LogP contribution in [0.4, 0.5) is 10.8 Å². The zero-order chi connectivity index (χ0) is 12.5. The fraction of sp³-hybridized carbons (Fsp3) is 0.154. The number of anilines is 2. The van der Waals surface area contributed by atoms with E-state index in [0.29, 0.717) is 0 Å². The zero-order valence-corrected chi connectivity index (χ0v) is 10.8. The van der Waals surface area contributed by atoms with Gasteiger partial charge < -0.3 is 15.1 Å². The van der Waals surface area contributed by atoms with E-state index in [9.17, 15) is 0 Å². The van der Waals surface area contributed by atoms with Crippen LogP contribution in [0.5, 0.6) is 0 Å². The van der Waals surface area contributed by atoms with Crippen molar-refractivity contribution in [3.63, 3.8) is 0 Å². The van der Waals surface area contributed by atoms with Gasteiger partial charge in [0.2, 0.25) is 0 Å². The second-order valence-electron chi connectivity index (χ2n) is 4.21. The van der Waals surface area contributed by atoms with E-state index < -0.39 is 0 Å². The standard InChI is InChI=1S/C13H13N3OS/c1-16(7-9-4-5-17-8-9)13-15-11-3-2-10(14)6-12(11)18-13/h2-6,8H,7,14H2,1H3. The van der Waals surface area contributed by atoms with Gasteiger partial charge in [0.15, 0.2) is 5.13 Å². The molecule has 0 fully saturated rings. The van der Waals surface area contributed by atoms with Gasteiger partial charge in [-0.1, -0.05) is 11.3 Å². The summed E-state index contributed by atoms with van der Waals surface area (Å²) in [5, 5.41) is 0.983. The van der Waals surface area contributed by atoms with Crippen molar-refractivity contribution in [1.82, 2.24) is 4.98 Å². The van der Waals surface area contributed by atoms with Gasteiger partial charge in [-0.15, -0.1) is 0 Å². The first kappa shape index (κ1) is 11.1. The Hall–Kier alpha value is -2.01. The molecule has 0 aliphatic rings. The molecule has 5 heteroatoms. The third-order valence-electron chi connectivity index (χ3n) is 2.73. The quantitative estimate of drug-likeness (QED) is 0.734. The third-order valence-corrected chi connectivity index (χ3v) is 3.86. The summed E-state index contributed by atoms with van der Waals surface area (Å²) in [6.07, 6.45) is 3.43. The first-order valence-corrected chi connectivity index (χ1v) is 6.42. The number of hydrogen-bond acceptors (Lipinski definition) is 5. The van der Waals surface area contributed by atoms with Gasteiger partial charge in [0.05, 0.1) is 22.7 Å². The Kier molecular flexibility index (Phi) is 2.68. The molecule has 0 radical (unpaired) electrons.